The Morgan fingerprint density at radius 3 is 2.50 bits per heavy atom. The first kappa shape index (κ1) is 24.2. The zero-order valence-electron chi connectivity index (χ0n) is 18.8. The molecule has 0 spiro atoms. The zero-order chi connectivity index (χ0) is 24.3. The van der Waals surface area contributed by atoms with Crippen molar-refractivity contribution in [1.29, 1.82) is 0 Å². The minimum Gasteiger partial charge on any atom is -0.437 e. The van der Waals surface area contributed by atoms with Crippen molar-refractivity contribution in [2.45, 2.75) is 32.7 Å². The summed E-state index contributed by atoms with van der Waals surface area (Å²) in [4.78, 5) is 20.4. The summed E-state index contributed by atoms with van der Waals surface area (Å²) >= 11 is 6.19. The Kier molecular flexibility index (Phi) is 7.19. The summed E-state index contributed by atoms with van der Waals surface area (Å²) in [5, 5.41) is 6.58. The number of carbonyl (C=O) groups is 1. The molecular formula is C24H25ClFN4O3P. The monoisotopic (exact) mass is 502 g/mol. The van der Waals surface area contributed by atoms with E-state index in [1.807, 2.05) is 13.8 Å². The highest BCUT2D eigenvalue weighted by Gasteiger charge is 2.24. The molecule has 0 atom stereocenters. The maximum absolute atomic E-state index is 14.6. The van der Waals surface area contributed by atoms with Crippen LogP contribution < -0.4 is 20.7 Å². The Labute approximate surface area is 202 Å². The normalized spacial score (nSPS) is 13.4. The molecular weight excluding hydrogens is 478 g/mol. The van der Waals surface area contributed by atoms with E-state index in [1.165, 1.54) is 24.4 Å². The van der Waals surface area contributed by atoms with Gasteiger partial charge in [-0.25, -0.2) is 9.37 Å². The van der Waals surface area contributed by atoms with Crippen LogP contribution in [0.15, 0.2) is 48.7 Å². The summed E-state index contributed by atoms with van der Waals surface area (Å²) in [6.45, 7) is 3.84. The van der Waals surface area contributed by atoms with E-state index in [1.54, 1.807) is 24.3 Å². The Hall–Kier alpha value is -2.96. The lowest BCUT2D eigenvalue weighted by molar-refractivity contribution is 0.0950. The van der Waals surface area contributed by atoms with Gasteiger partial charge in [-0.15, -0.1) is 0 Å². The molecule has 10 heteroatoms. The van der Waals surface area contributed by atoms with Gasteiger partial charge in [0.05, 0.1) is 11.9 Å². The number of rotatable bonds is 9. The van der Waals surface area contributed by atoms with Crippen molar-refractivity contribution >= 4 is 41.6 Å². The van der Waals surface area contributed by atoms with Crippen LogP contribution in [0.2, 0.25) is 5.02 Å². The minimum absolute atomic E-state index is 0.0755. The standard InChI is InChI=1S/C24H25ClFN4O3P/c1-3-34(32,4-2)18-10-8-17(9-11-18)33-23-19(25)14-27-24(30-23)29-21-12-5-15(13-20(21)26)22(31)28-16-6-7-16/h5,8-14,16H,3-4,6-7H2,1-2H3,(H,28,31)(H,27,29,30). The molecule has 0 radical (unpaired) electrons. The summed E-state index contributed by atoms with van der Waals surface area (Å²) in [6, 6.07) is 11.3. The number of anilines is 2. The van der Waals surface area contributed by atoms with Crippen molar-refractivity contribution in [3.8, 4) is 11.6 Å². The Morgan fingerprint density at radius 2 is 1.88 bits per heavy atom. The predicted molar refractivity (Wildman–Crippen MR) is 132 cm³/mol. The van der Waals surface area contributed by atoms with Gasteiger partial charge in [-0.3, -0.25) is 4.79 Å². The van der Waals surface area contributed by atoms with E-state index in [-0.39, 0.29) is 40.1 Å². The number of aromatic nitrogens is 2. The molecule has 7 nitrogen and oxygen atoms in total. The topological polar surface area (TPSA) is 93.2 Å². The van der Waals surface area contributed by atoms with Gasteiger partial charge in [-0.1, -0.05) is 25.4 Å². The van der Waals surface area contributed by atoms with Crippen LogP contribution in [0.3, 0.4) is 0 Å². The quantitative estimate of drug-likeness (QED) is 0.363. The summed E-state index contributed by atoms with van der Waals surface area (Å²) in [7, 11) is -2.39. The molecule has 1 amide bonds. The molecule has 0 bridgehead atoms. The Morgan fingerprint density at radius 1 is 1.18 bits per heavy atom. The number of benzene rings is 2. The number of amides is 1. The fourth-order valence-corrected chi connectivity index (χ4v) is 5.34. The van der Waals surface area contributed by atoms with Gasteiger partial charge in [0.1, 0.15) is 23.7 Å². The van der Waals surface area contributed by atoms with E-state index in [0.717, 1.165) is 18.1 Å². The molecule has 0 saturated heterocycles. The van der Waals surface area contributed by atoms with Crippen molar-refractivity contribution in [2.24, 2.45) is 0 Å². The molecule has 3 aromatic rings. The third-order valence-corrected chi connectivity index (χ3v) is 9.19. The van der Waals surface area contributed by atoms with Crippen molar-refractivity contribution in [3.05, 3.63) is 65.1 Å². The number of ether oxygens (including phenoxy) is 1. The highest BCUT2D eigenvalue weighted by atomic mass is 35.5. The molecule has 1 aliphatic rings. The Balaban J connectivity index is 1.48. The number of hydrogen-bond acceptors (Lipinski definition) is 6. The SMILES string of the molecule is CCP(=O)(CC)c1ccc(Oc2nc(Nc3ccc(C(=O)NC4CC4)cc3F)ncc2Cl)cc1. The van der Waals surface area contributed by atoms with Gasteiger partial charge >= 0.3 is 0 Å². The lowest BCUT2D eigenvalue weighted by Gasteiger charge is -2.15. The summed E-state index contributed by atoms with van der Waals surface area (Å²) in [5.41, 5.74) is 0.352. The first-order valence-electron chi connectivity index (χ1n) is 11.1. The molecule has 1 saturated carbocycles. The van der Waals surface area contributed by atoms with Crippen LogP contribution in [0.5, 0.6) is 11.6 Å². The van der Waals surface area contributed by atoms with Crippen molar-refractivity contribution < 1.29 is 18.5 Å². The van der Waals surface area contributed by atoms with E-state index in [2.05, 4.69) is 20.6 Å². The minimum atomic E-state index is -2.39. The Bertz CT molecular complexity index is 1240. The fourth-order valence-electron chi connectivity index (χ4n) is 3.34. The van der Waals surface area contributed by atoms with Crippen LogP contribution in [0.25, 0.3) is 0 Å². The molecule has 1 aliphatic carbocycles. The number of hydrogen-bond donors (Lipinski definition) is 2. The second-order valence-electron chi connectivity index (χ2n) is 8.03. The van der Waals surface area contributed by atoms with E-state index >= 15 is 0 Å². The molecule has 2 aromatic carbocycles. The van der Waals surface area contributed by atoms with Crippen LogP contribution in [0, 0.1) is 5.82 Å². The van der Waals surface area contributed by atoms with Crippen LogP contribution in [-0.2, 0) is 4.57 Å². The van der Waals surface area contributed by atoms with E-state index in [9.17, 15) is 13.8 Å². The van der Waals surface area contributed by atoms with E-state index < -0.39 is 13.0 Å². The van der Waals surface area contributed by atoms with Crippen LogP contribution in [0.4, 0.5) is 16.0 Å². The van der Waals surface area contributed by atoms with Crippen LogP contribution >= 0.6 is 18.7 Å². The number of halogens is 2. The smallest absolute Gasteiger partial charge is 0.251 e. The summed E-state index contributed by atoms with van der Waals surface area (Å²) < 4.78 is 33.3. The van der Waals surface area contributed by atoms with E-state index in [4.69, 9.17) is 16.3 Å². The third-order valence-electron chi connectivity index (χ3n) is 5.65. The number of nitrogens with one attached hydrogen (secondary N) is 2. The van der Waals surface area contributed by atoms with Crippen LogP contribution in [0.1, 0.15) is 37.0 Å². The van der Waals surface area contributed by atoms with Crippen LogP contribution in [-0.4, -0.2) is 34.2 Å². The van der Waals surface area contributed by atoms with Gasteiger partial charge in [-0.05, 0) is 55.3 Å². The number of nitrogens with zero attached hydrogens (tertiary/aromatic N) is 2. The van der Waals surface area contributed by atoms with Crippen molar-refractivity contribution in [3.63, 3.8) is 0 Å². The maximum Gasteiger partial charge on any atom is 0.251 e. The molecule has 1 fully saturated rings. The molecule has 1 heterocycles. The molecule has 34 heavy (non-hydrogen) atoms. The molecule has 4 rings (SSSR count). The lowest BCUT2D eigenvalue weighted by atomic mass is 10.2. The average molecular weight is 503 g/mol. The first-order valence-corrected chi connectivity index (χ1v) is 13.5. The molecule has 1 aromatic heterocycles. The average Bonchev–Trinajstić information content (AvgIpc) is 3.66. The zero-order valence-corrected chi connectivity index (χ0v) is 20.5. The van der Waals surface area contributed by atoms with Gasteiger partial charge < -0.3 is 19.9 Å². The van der Waals surface area contributed by atoms with Gasteiger partial charge in [-0.2, -0.15) is 4.98 Å². The fraction of sp³-hybridized carbons (Fsp3) is 0.292. The highest BCUT2D eigenvalue weighted by Crippen LogP contribution is 2.43. The molecule has 2 N–H and O–H groups in total. The first-order chi connectivity index (χ1) is 16.3. The highest BCUT2D eigenvalue weighted by molar-refractivity contribution is 7.71. The summed E-state index contributed by atoms with van der Waals surface area (Å²) in [6.07, 6.45) is 4.44. The largest absolute Gasteiger partial charge is 0.437 e. The van der Waals surface area contributed by atoms with Gasteiger partial charge in [0.25, 0.3) is 5.91 Å². The summed E-state index contributed by atoms with van der Waals surface area (Å²) in [5.74, 6) is -0.289. The van der Waals surface area contributed by atoms with Gasteiger partial charge in [0.15, 0.2) is 0 Å². The van der Waals surface area contributed by atoms with E-state index in [0.29, 0.717) is 18.1 Å². The van der Waals surface area contributed by atoms with Gasteiger partial charge in [0.2, 0.25) is 11.8 Å². The maximum atomic E-state index is 14.6. The third kappa shape index (κ3) is 5.57. The number of carbonyl (C=O) groups excluding carboxylic acids is 1. The van der Waals surface area contributed by atoms with Crippen molar-refractivity contribution in [1.82, 2.24) is 15.3 Å². The predicted octanol–water partition coefficient (Wildman–Crippen LogP) is 5.73. The second-order valence-corrected chi connectivity index (χ2v) is 12.0. The molecule has 178 valence electrons. The van der Waals surface area contributed by atoms with Crippen molar-refractivity contribution in [2.75, 3.05) is 17.6 Å². The lowest BCUT2D eigenvalue weighted by Crippen LogP contribution is -2.25. The van der Waals surface area contributed by atoms with Gasteiger partial charge in [0, 0.05) is 29.2 Å². The molecule has 0 unspecified atom stereocenters. The second kappa shape index (κ2) is 10.1. The molecule has 0 aliphatic heterocycles.